The normalized spacial score (nSPS) is 17.1. The molecule has 1 N–H and O–H groups in total. The van der Waals surface area contributed by atoms with E-state index in [1.54, 1.807) is 0 Å². The number of hydrogen-bond acceptors (Lipinski definition) is 3. The molecule has 0 radical (unpaired) electrons. The van der Waals surface area contributed by atoms with Gasteiger partial charge in [0.2, 0.25) is 0 Å². The lowest BCUT2D eigenvalue weighted by atomic mass is 10.0. The van der Waals surface area contributed by atoms with Crippen molar-refractivity contribution in [3.05, 3.63) is 20.8 Å². The third kappa shape index (κ3) is 6.20. The maximum absolute atomic E-state index is 3.59. The fourth-order valence-electron chi connectivity index (χ4n) is 2.59. The van der Waals surface area contributed by atoms with Crippen LogP contribution in [0, 0.1) is 0 Å². The molecule has 0 spiro atoms. The van der Waals surface area contributed by atoms with Crippen LogP contribution in [0.15, 0.2) is 15.9 Å². The van der Waals surface area contributed by atoms with E-state index in [9.17, 15) is 0 Å². The van der Waals surface area contributed by atoms with Crippen molar-refractivity contribution in [3.8, 4) is 0 Å². The molecule has 0 bridgehead atoms. The van der Waals surface area contributed by atoms with Gasteiger partial charge in [-0.25, -0.2) is 0 Å². The van der Waals surface area contributed by atoms with Gasteiger partial charge in [-0.05, 0) is 28.4 Å². The Morgan fingerprint density at radius 2 is 2.00 bits per heavy atom. The first kappa shape index (κ1) is 20.7. The summed E-state index contributed by atoms with van der Waals surface area (Å²) in [5, 5.41) is 5.66. The third-order valence-electron chi connectivity index (χ3n) is 3.59. The van der Waals surface area contributed by atoms with Gasteiger partial charge in [0.05, 0.1) is 0 Å². The highest BCUT2D eigenvalue weighted by atomic mass is 79.9. The first-order valence-electron chi connectivity index (χ1n) is 7.00. The summed E-state index contributed by atoms with van der Waals surface area (Å²) >= 11 is 5.49. The molecule has 118 valence electrons. The average Bonchev–Trinajstić information content (AvgIpc) is 2.82. The molecule has 1 aromatic rings. The fraction of sp³-hybridized carbons (Fsp3) is 0.714. The average molecular weight is 404 g/mol. The van der Waals surface area contributed by atoms with Crippen LogP contribution in [0.1, 0.15) is 43.5 Å². The molecule has 2 nitrogen and oxygen atoms in total. The Hall–Kier alpha value is 0.680. The molecule has 2 heterocycles. The van der Waals surface area contributed by atoms with Crippen LogP contribution in [-0.2, 0) is 0 Å². The van der Waals surface area contributed by atoms with Crippen molar-refractivity contribution in [1.29, 1.82) is 0 Å². The molecule has 20 heavy (non-hydrogen) atoms. The van der Waals surface area contributed by atoms with Crippen LogP contribution in [0.4, 0.5) is 0 Å². The number of thiophene rings is 1. The maximum Gasteiger partial charge on any atom is 0.0443 e. The first-order chi connectivity index (χ1) is 8.81. The van der Waals surface area contributed by atoms with Gasteiger partial charge in [0.25, 0.3) is 0 Å². The molecule has 0 saturated carbocycles. The number of halogens is 3. The lowest BCUT2D eigenvalue weighted by Crippen LogP contribution is -2.45. The van der Waals surface area contributed by atoms with E-state index in [1.807, 2.05) is 11.3 Å². The molecular weight excluding hydrogens is 379 g/mol. The van der Waals surface area contributed by atoms with Crippen molar-refractivity contribution in [2.24, 2.45) is 0 Å². The van der Waals surface area contributed by atoms with Crippen LogP contribution in [-0.4, -0.2) is 31.1 Å². The molecular formula is C14H25BrCl2N2S. The lowest BCUT2D eigenvalue weighted by molar-refractivity contribution is 0.165. The van der Waals surface area contributed by atoms with Crippen molar-refractivity contribution in [2.75, 3.05) is 26.2 Å². The van der Waals surface area contributed by atoms with Gasteiger partial charge >= 0.3 is 0 Å². The van der Waals surface area contributed by atoms with Gasteiger partial charge in [-0.3, -0.25) is 4.90 Å². The SMILES string of the molecule is CCCCC[C@H](c1cc(Br)cs1)N1CCNCC1.Cl.Cl. The van der Waals surface area contributed by atoms with E-state index >= 15 is 0 Å². The number of unbranched alkanes of at least 4 members (excludes halogenated alkanes) is 2. The Bertz CT molecular complexity index is 357. The summed E-state index contributed by atoms with van der Waals surface area (Å²) < 4.78 is 1.23. The molecule has 1 fully saturated rings. The quantitative estimate of drug-likeness (QED) is 0.680. The summed E-state index contributed by atoms with van der Waals surface area (Å²) in [6.07, 6.45) is 5.32. The minimum absolute atomic E-state index is 0. The van der Waals surface area contributed by atoms with E-state index in [1.165, 1.54) is 48.1 Å². The van der Waals surface area contributed by atoms with Crippen LogP contribution in [0.25, 0.3) is 0 Å². The van der Waals surface area contributed by atoms with Gasteiger partial charge in [-0.1, -0.05) is 26.2 Å². The second-order valence-corrected chi connectivity index (χ2v) is 6.82. The van der Waals surface area contributed by atoms with Crippen molar-refractivity contribution in [3.63, 3.8) is 0 Å². The summed E-state index contributed by atoms with van der Waals surface area (Å²) in [6.45, 7) is 6.92. The number of hydrogen-bond donors (Lipinski definition) is 1. The highest BCUT2D eigenvalue weighted by Gasteiger charge is 2.22. The van der Waals surface area contributed by atoms with E-state index in [0.29, 0.717) is 6.04 Å². The zero-order chi connectivity index (χ0) is 12.8. The van der Waals surface area contributed by atoms with E-state index in [-0.39, 0.29) is 24.8 Å². The van der Waals surface area contributed by atoms with E-state index < -0.39 is 0 Å². The second kappa shape index (κ2) is 11.3. The van der Waals surface area contributed by atoms with Gasteiger partial charge < -0.3 is 5.32 Å². The Balaban J connectivity index is 0.00000180. The standard InChI is InChI=1S/C14H23BrN2S.2ClH/c1-2-3-4-5-13(14-10-12(15)11-18-14)17-8-6-16-7-9-17;;/h10-11,13,16H,2-9H2,1H3;2*1H/t13-;;/m1../s1. The van der Waals surface area contributed by atoms with Gasteiger partial charge in [0.15, 0.2) is 0 Å². The van der Waals surface area contributed by atoms with Gasteiger partial charge in [0, 0.05) is 47.0 Å². The number of piperazine rings is 1. The number of rotatable bonds is 6. The van der Waals surface area contributed by atoms with Gasteiger partial charge in [-0.15, -0.1) is 36.2 Å². The molecule has 2 rings (SSSR count). The van der Waals surface area contributed by atoms with E-state index in [2.05, 4.69) is 44.5 Å². The molecule has 6 heteroatoms. The molecule has 0 aromatic carbocycles. The highest BCUT2D eigenvalue weighted by Crippen LogP contribution is 2.33. The summed E-state index contributed by atoms with van der Waals surface area (Å²) in [5.41, 5.74) is 0. The Kier molecular flexibility index (Phi) is 11.7. The molecule has 0 unspecified atom stereocenters. The van der Waals surface area contributed by atoms with E-state index in [0.717, 1.165) is 13.1 Å². The number of nitrogens with zero attached hydrogens (tertiary/aromatic N) is 1. The van der Waals surface area contributed by atoms with Crippen molar-refractivity contribution in [1.82, 2.24) is 10.2 Å². The van der Waals surface area contributed by atoms with Gasteiger partial charge in [0.1, 0.15) is 0 Å². The van der Waals surface area contributed by atoms with Crippen molar-refractivity contribution in [2.45, 2.75) is 38.6 Å². The van der Waals surface area contributed by atoms with Crippen LogP contribution in [0.3, 0.4) is 0 Å². The molecule has 0 amide bonds. The lowest BCUT2D eigenvalue weighted by Gasteiger charge is -2.34. The Morgan fingerprint density at radius 1 is 1.30 bits per heavy atom. The molecule has 1 saturated heterocycles. The third-order valence-corrected chi connectivity index (χ3v) is 5.38. The van der Waals surface area contributed by atoms with E-state index in [4.69, 9.17) is 0 Å². The predicted molar refractivity (Wildman–Crippen MR) is 97.8 cm³/mol. The summed E-state index contributed by atoms with van der Waals surface area (Å²) in [7, 11) is 0. The van der Waals surface area contributed by atoms with Crippen molar-refractivity contribution < 1.29 is 0 Å². The topological polar surface area (TPSA) is 15.3 Å². The highest BCUT2D eigenvalue weighted by molar-refractivity contribution is 9.10. The fourth-order valence-corrected chi connectivity index (χ4v) is 4.20. The number of nitrogens with one attached hydrogen (secondary N) is 1. The summed E-state index contributed by atoms with van der Waals surface area (Å²) in [6, 6.07) is 2.94. The largest absolute Gasteiger partial charge is 0.314 e. The second-order valence-electron chi connectivity index (χ2n) is 4.96. The molecule has 1 atom stereocenters. The molecule has 0 aliphatic carbocycles. The van der Waals surface area contributed by atoms with Crippen LogP contribution >= 0.6 is 52.1 Å². The Labute approximate surface area is 147 Å². The zero-order valence-electron chi connectivity index (χ0n) is 11.9. The predicted octanol–water partition coefficient (Wildman–Crippen LogP) is 4.88. The minimum atomic E-state index is 0. The molecule has 1 aromatic heterocycles. The first-order valence-corrected chi connectivity index (χ1v) is 8.67. The van der Waals surface area contributed by atoms with Crippen LogP contribution < -0.4 is 5.32 Å². The maximum atomic E-state index is 3.59. The molecule has 1 aliphatic rings. The summed E-state index contributed by atoms with van der Waals surface area (Å²) in [4.78, 5) is 4.18. The zero-order valence-corrected chi connectivity index (χ0v) is 16.0. The minimum Gasteiger partial charge on any atom is -0.314 e. The van der Waals surface area contributed by atoms with Crippen LogP contribution in [0.2, 0.25) is 0 Å². The smallest absolute Gasteiger partial charge is 0.0443 e. The molecule has 1 aliphatic heterocycles. The Morgan fingerprint density at radius 3 is 2.55 bits per heavy atom. The van der Waals surface area contributed by atoms with Crippen LogP contribution in [0.5, 0.6) is 0 Å². The summed E-state index contributed by atoms with van der Waals surface area (Å²) in [5.74, 6) is 0. The van der Waals surface area contributed by atoms with Crippen molar-refractivity contribution >= 4 is 52.1 Å². The monoisotopic (exact) mass is 402 g/mol. The van der Waals surface area contributed by atoms with Gasteiger partial charge in [-0.2, -0.15) is 0 Å².